The lowest BCUT2D eigenvalue weighted by Crippen LogP contribution is -2.04. The highest BCUT2D eigenvalue weighted by atomic mass is 32.2. The molecule has 0 atom stereocenters. The summed E-state index contributed by atoms with van der Waals surface area (Å²) in [5.41, 5.74) is 2.09. The Morgan fingerprint density at radius 2 is 1.50 bits per heavy atom. The van der Waals surface area contributed by atoms with E-state index in [9.17, 15) is 8.42 Å². The molecule has 0 unspecified atom stereocenters. The van der Waals surface area contributed by atoms with Crippen LogP contribution in [0.25, 0.3) is 0 Å². The zero-order valence-corrected chi connectivity index (χ0v) is 9.78. The Kier molecular flexibility index (Phi) is 4.92. The normalized spacial score (nSPS) is 11.6. The molecule has 0 bridgehead atoms. The Bertz CT molecular complexity index is 408. The van der Waals surface area contributed by atoms with Crippen LogP contribution in [0.15, 0.2) is 24.3 Å². The molecule has 1 aromatic carbocycles. The minimum Gasteiger partial charge on any atom is -0.396 e. The van der Waals surface area contributed by atoms with Gasteiger partial charge in [-0.15, -0.1) is 0 Å². The minimum atomic E-state index is -3.84. The molecule has 0 heterocycles. The molecule has 4 nitrogen and oxygen atoms in total. The molecule has 16 heavy (non-hydrogen) atoms. The quantitative estimate of drug-likeness (QED) is 0.733. The molecule has 0 saturated heterocycles. The van der Waals surface area contributed by atoms with Crippen LogP contribution in [-0.2, 0) is 23.0 Å². The molecular weight excluding hydrogens is 228 g/mol. The molecule has 0 aliphatic heterocycles. The summed E-state index contributed by atoms with van der Waals surface area (Å²) in [6.45, 7) is 0.127. The molecule has 0 amide bonds. The SMILES string of the molecule is O=S(=O)(O)CCCc1ccc(CCO)cc1. The van der Waals surface area contributed by atoms with Gasteiger partial charge in [0.25, 0.3) is 10.1 Å². The Morgan fingerprint density at radius 1 is 1.00 bits per heavy atom. The molecular formula is C11H16O4S. The van der Waals surface area contributed by atoms with E-state index >= 15 is 0 Å². The molecule has 0 spiro atoms. The summed E-state index contributed by atoms with van der Waals surface area (Å²) in [6, 6.07) is 7.65. The first-order chi connectivity index (χ1) is 7.51. The zero-order chi connectivity index (χ0) is 12.0. The maximum Gasteiger partial charge on any atom is 0.264 e. The maximum atomic E-state index is 10.5. The van der Waals surface area contributed by atoms with Crippen LogP contribution < -0.4 is 0 Å². The summed E-state index contributed by atoms with van der Waals surface area (Å²) in [5.74, 6) is -0.203. The summed E-state index contributed by atoms with van der Waals surface area (Å²) in [7, 11) is -3.84. The third kappa shape index (κ3) is 5.25. The molecule has 2 N–H and O–H groups in total. The van der Waals surface area contributed by atoms with Gasteiger partial charge in [-0.3, -0.25) is 4.55 Å². The number of aliphatic hydroxyl groups is 1. The average molecular weight is 244 g/mol. The Hall–Kier alpha value is -0.910. The highest BCUT2D eigenvalue weighted by Gasteiger charge is 2.03. The number of aliphatic hydroxyl groups excluding tert-OH is 1. The van der Waals surface area contributed by atoms with E-state index in [1.165, 1.54) is 0 Å². The number of aryl methyl sites for hydroxylation is 1. The molecule has 5 heteroatoms. The van der Waals surface area contributed by atoms with Crippen LogP contribution in [0, 0.1) is 0 Å². The molecule has 0 saturated carbocycles. The molecule has 0 aromatic heterocycles. The fourth-order valence-electron chi connectivity index (χ4n) is 1.46. The fraction of sp³-hybridized carbons (Fsp3) is 0.455. The minimum absolute atomic E-state index is 0.127. The summed E-state index contributed by atoms with van der Waals surface area (Å²) in [6.07, 6.45) is 1.67. The second-order valence-electron chi connectivity index (χ2n) is 3.68. The maximum absolute atomic E-state index is 10.5. The van der Waals surface area contributed by atoms with E-state index < -0.39 is 10.1 Å². The average Bonchev–Trinajstić information content (AvgIpc) is 2.19. The van der Waals surface area contributed by atoms with E-state index in [1.807, 2.05) is 24.3 Å². The van der Waals surface area contributed by atoms with Crippen molar-refractivity contribution < 1.29 is 18.1 Å². The summed E-state index contributed by atoms with van der Waals surface area (Å²) < 4.78 is 29.5. The van der Waals surface area contributed by atoms with Crippen molar-refractivity contribution in [3.05, 3.63) is 35.4 Å². The van der Waals surface area contributed by atoms with Gasteiger partial charge in [0.1, 0.15) is 0 Å². The van der Waals surface area contributed by atoms with Crippen molar-refractivity contribution in [1.82, 2.24) is 0 Å². The topological polar surface area (TPSA) is 74.6 Å². The number of benzene rings is 1. The molecule has 1 rings (SSSR count). The van der Waals surface area contributed by atoms with Crippen molar-refractivity contribution in [1.29, 1.82) is 0 Å². The van der Waals surface area contributed by atoms with Crippen molar-refractivity contribution in [2.45, 2.75) is 19.3 Å². The van der Waals surface area contributed by atoms with Gasteiger partial charge in [0.15, 0.2) is 0 Å². The van der Waals surface area contributed by atoms with E-state index in [0.717, 1.165) is 11.1 Å². The van der Waals surface area contributed by atoms with Crippen LogP contribution in [0.4, 0.5) is 0 Å². The van der Waals surface area contributed by atoms with E-state index in [1.54, 1.807) is 0 Å². The second kappa shape index (κ2) is 5.98. The van der Waals surface area contributed by atoms with Gasteiger partial charge in [0.2, 0.25) is 0 Å². The van der Waals surface area contributed by atoms with Gasteiger partial charge in [-0.1, -0.05) is 24.3 Å². The summed E-state index contributed by atoms with van der Waals surface area (Å²) in [5, 5.41) is 8.73. The van der Waals surface area contributed by atoms with Crippen molar-refractivity contribution >= 4 is 10.1 Å². The van der Waals surface area contributed by atoms with Gasteiger partial charge in [0.05, 0.1) is 5.75 Å². The standard InChI is InChI=1S/C11H16O4S/c12-8-7-11-5-3-10(4-6-11)2-1-9-16(13,14)15/h3-6,12H,1-2,7-9H2,(H,13,14,15). The molecule has 0 radical (unpaired) electrons. The van der Waals surface area contributed by atoms with Crippen molar-refractivity contribution in [3.8, 4) is 0 Å². The van der Waals surface area contributed by atoms with Crippen LogP contribution >= 0.6 is 0 Å². The van der Waals surface area contributed by atoms with E-state index in [2.05, 4.69) is 0 Å². The van der Waals surface area contributed by atoms with Gasteiger partial charge in [-0.05, 0) is 30.4 Å². The van der Waals surface area contributed by atoms with Gasteiger partial charge in [-0.25, -0.2) is 0 Å². The van der Waals surface area contributed by atoms with Crippen molar-refractivity contribution in [2.24, 2.45) is 0 Å². The molecule has 0 aliphatic rings. The molecule has 0 aliphatic carbocycles. The zero-order valence-electron chi connectivity index (χ0n) is 8.96. The van der Waals surface area contributed by atoms with Gasteiger partial charge in [-0.2, -0.15) is 8.42 Å². The Balaban J connectivity index is 2.43. The molecule has 1 aromatic rings. The fourth-order valence-corrected chi connectivity index (χ4v) is 1.97. The lowest BCUT2D eigenvalue weighted by molar-refractivity contribution is 0.299. The second-order valence-corrected chi connectivity index (χ2v) is 5.25. The highest BCUT2D eigenvalue weighted by molar-refractivity contribution is 7.85. The number of hydrogen-bond acceptors (Lipinski definition) is 3. The largest absolute Gasteiger partial charge is 0.396 e. The summed E-state index contributed by atoms with van der Waals surface area (Å²) >= 11 is 0. The van der Waals surface area contributed by atoms with Gasteiger partial charge < -0.3 is 5.11 Å². The van der Waals surface area contributed by atoms with Crippen LogP contribution in [0.5, 0.6) is 0 Å². The van der Waals surface area contributed by atoms with E-state index in [4.69, 9.17) is 9.66 Å². The highest BCUT2D eigenvalue weighted by Crippen LogP contribution is 2.07. The van der Waals surface area contributed by atoms with Crippen molar-refractivity contribution in [2.75, 3.05) is 12.4 Å². The van der Waals surface area contributed by atoms with Crippen molar-refractivity contribution in [3.63, 3.8) is 0 Å². The monoisotopic (exact) mass is 244 g/mol. The summed E-state index contributed by atoms with van der Waals surface area (Å²) in [4.78, 5) is 0. The van der Waals surface area contributed by atoms with Crippen LogP contribution in [0.2, 0.25) is 0 Å². The van der Waals surface area contributed by atoms with E-state index in [-0.39, 0.29) is 12.4 Å². The lowest BCUT2D eigenvalue weighted by atomic mass is 10.1. The third-order valence-electron chi connectivity index (χ3n) is 2.29. The Labute approximate surface area is 95.7 Å². The first-order valence-corrected chi connectivity index (χ1v) is 6.76. The van der Waals surface area contributed by atoms with E-state index in [0.29, 0.717) is 19.3 Å². The predicted octanol–water partition coefficient (Wildman–Crippen LogP) is 1.04. The predicted molar refractivity (Wildman–Crippen MR) is 62.0 cm³/mol. The number of hydrogen-bond donors (Lipinski definition) is 2. The van der Waals surface area contributed by atoms with Crippen LogP contribution in [0.1, 0.15) is 17.5 Å². The molecule has 0 fully saturated rings. The molecule has 90 valence electrons. The number of rotatable bonds is 6. The third-order valence-corrected chi connectivity index (χ3v) is 3.10. The first kappa shape index (κ1) is 13.2. The van der Waals surface area contributed by atoms with Gasteiger partial charge >= 0.3 is 0 Å². The van der Waals surface area contributed by atoms with Gasteiger partial charge in [0, 0.05) is 6.61 Å². The lowest BCUT2D eigenvalue weighted by Gasteiger charge is -2.02. The van der Waals surface area contributed by atoms with Crippen LogP contribution in [-0.4, -0.2) is 30.4 Å². The smallest absolute Gasteiger partial charge is 0.264 e. The Morgan fingerprint density at radius 3 is 1.94 bits per heavy atom. The first-order valence-electron chi connectivity index (χ1n) is 5.15. The van der Waals surface area contributed by atoms with Crippen LogP contribution in [0.3, 0.4) is 0 Å².